The second-order valence-corrected chi connectivity index (χ2v) is 9.16. The summed E-state index contributed by atoms with van der Waals surface area (Å²) in [6, 6.07) is 6.34. The molecule has 0 aliphatic rings. The van der Waals surface area contributed by atoms with Crippen molar-refractivity contribution >= 4 is 23.5 Å². The Morgan fingerprint density at radius 2 is 1.85 bits per heavy atom. The zero-order valence-electron chi connectivity index (χ0n) is 7.92. The van der Waals surface area contributed by atoms with E-state index in [2.05, 4.69) is 39.0 Å². The summed E-state index contributed by atoms with van der Waals surface area (Å²) >= 11 is -1.74. The number of benzene rings is 1. The van der Waals surface area contributed by atoms with Crippen molar-refractivity contribution in [3.63, 3.8) is 0 Å². The van der Waals surface area contributed by atoms with E-state index < -0.39 is 14.0 Å². The van der Waals surface area contributed by atoms with E-state index in [0.29, 0.717) is 5.92 Å². The van der Waals surface area contributed by atoms with Crippen LogP contribution in [-0.4, -0.2) is 0 Å². The maximum absolute atomic E-state index is 6.01. The Morgan fingerprint density at radius 3 is 2.31 bits per heavy atom. The van der Waals surface area contributed by atoms with E-state index in [1.54, 1.807) is 0 Å². The molecular formula is C10H13Cl2Ru-. The fourth-order valence-corrected chi connectivity index (χ4v) is 4.03. The molecule has 0 fully saturated rings. The van der Waals surface area contributed by atoms with E-state index in [-0.39, 0.29) is 0 Å². The molecule has 1 aromatic rings. The second-order valence-electron chi connectivity index (χ2n) is 3.35. The molecule has 0 atom stereocenters. The Balaban J connectivity index is 3.19. The molecule has 0 N–H and O–H groups in total. The molecule has 0 saturated heterocycles. The van der Waals surface area contributed by atoms with Gasteiger partial charge in [-0.1, -0.05) is 0 Å². The third-order valence-electron chi connectivity index (χ3n) is 1.91. The summed E-state index contributed by atoms with van der Waals surface area (Å²) in [4.78, 5) is 0. The zero-order valence-corrected chi connectivity index (χ0v) is 11.2. The van der Waals surface area contributed by atoms with Gasteiger partial charge in [0.1, 0.15) is 0 Å². The predicted octanol–water partition coefficient (Wildman–Crippen LogP) is 3.67. The molecule has 0 radical (unpaired) electrons. The second kappa shape index (κ2) is 4.78. The van der Waals surface area contributed by atoms with E-state index in [1.807, 2.05) is 0 Å². The summed E-state index contributed by atoms with van der Waals surface area (Å²) < 4.78 is 1.17. The zero-order chi connectivity index (χ0) is 10.0. The Kier molecular flexibility index (Phi) is 4.22. The molecule has 1 aromatic carbocycles. The van der Waals surface area contributed by atoms with Crippen LogP contribution in [0.3, 0.4) is 0 Å². The summed E-state index contributed by atoms with van der Waals surface area (Å²) in [6.07, 6.45) is 0. The number of aryl methyl sites for hydroxylation is 1. The van der Waals surface area contributed by atoms with Gasteiger partial charge in [0.2, 0.25) is 0 Å². The van der Waals surface area contributed by atoms with E-state index in [0.717, 1.165) is 0 Å². The van der Waals surface area contributed by atoms with Crippen LogP contribution in [0.25, 0.3) is 0 Å². The van der Waals surface area contributed by atoms with Gasteiger partial charge < -0.3 is 0 Å². The van der Waals surface area contributed by atoms with Crippen LogP contribution in [0.1, 0.15) is 30.9 Å². The third-order valence-corrected chi connectivity index (χ3v) is 5.11. The maximum atomic E-state index is 6.01. The van der Waals surface area contributed by atoms with E-state index in [9.17, 15) is 0 Å². The quantitative estimate of drug-likeness (QED) is 0.731. The van der Waals surface area contributed by atoms with Gasteiger partial charge >= 0.3 is 93.5 Å². The first-order valence-corrected chi connectivity index (χ1v) is 9.47. The normalized spacial score (nSPS) is 12.0. The van der Waals surface area contributed by atoms with Crippen LogP contribution in [0, 0.1) is 6.92 Å². The van der Waals surface area contributed by atoms with Crippen LogP contribution >= 0.6 is 19.4 Å². The molecule has 0 amide bonds. The van der Waals surface area contributed by atoms with Gasteiger partial charge in [-0.25, -0.2) is 0 Å². The van der Waals surface area contributed by atoms with Crippen LogP contribution in [-0.2, 0) is 14.0 Å². The van der Waals surface area contributed by atoms with Crippen molar-refractivity contribution < 1.29 is 14.0 Å². The molecule has 3 heteroatoms. The molecule has 1 rings (SSSR count). The molecular weight excluding hydrogens is 292 g/mol. The third kappa shape index (κ3) is 2.94. The summed E-state index contributed by atoms with van der Waals surface area (Å²) in [7, 11) is 12.0. The van der Waals surface area contributed by atoms with Gasteiger partial charge in [0.05, 0.1) is 0 Å². The molecule has 0 aromatic heterocycles. The van der Waals surface area contributed by atoms with E-state index in [4.69, 9.17) is 19.4 Å². The van der Waals surface area contributed by atoms with Gasteiger partial charge in [-0.2, -0.15) is 0 Å². The molecule has 76 valence electrons. The van der Waals surface area contributed by atoms with Crippen LogP contribution in [0.2, 0.25) is 0 Å². The average molecular weight is 305 g/mol. The number of halogens is 2. The van der Waals surface area contributed by atoms with E-state index in [1.165, 1.54) is 15.3 Å². The Bertz CT molecular complexity index is 295. The fraction of sp³-hybridized carbons (Fsp3) is 0.400. The van der Waals surface area contributed by atoms with Gasteiger partial charge in [-0.15, -0.1) is 0 Å². The minimum atomic E-state index is -1.74. The molecule has 0 saturated carbocycles. The fourth-order valence-electron chi connectivity index (χ4n) is 1.22. The summed E-state index contributed by atoms with van der Waals surface area (Å²) in [5.41, 5.74) is 2.58. The molecule has 0 unspecified atom stereocenters. The molecule has 13 heavy (non-hydrogen) atoms. The SMILES string of the molecule is Cc1cc[c]([Ru-]([Cl])[Cl])c(C(C)C)c1. The van der Waals surface area contributed by atoms with Gasteiger partial charge in [0.25, 0.3) is 0 Å². The van der Waals surface area contributed by atoms with Crippen molar-refractivity contribution in [1.82, 2.24) is 0 Å². The first-order valence-electron chi connectivity index (χ1n) is 4.13. The average Bonchev–Trinajstić information content (AvgIpc) is 2.03. The molecule has 0 spiro atoms. The van der Waals surface area contributed by atoms with Crippen LogP contribution < -0.4 is 4.16 Å². The Labute approximate surface area is 93.2 Å². The molecule has 0 nitrogen and oxygen atoms in total. The monoisotopic (exact) mass is 305 g/mol. The van der Waals surface area contributed by atoms with Crippen molar-refractivity contribution in [2.45, 2.75) is 26.7 Å². The predicted molar refractivity (Wildman–Crippen MR) is 56.6 cm³/mol. The molecule has 0 aliphatic heterocycles. The number of hydrogen-bond donors (Lipinski definition) is 0. The summed E-state index contributed by atoms with van der Waals surface area (Å²) in [5.74, 6) is 0.503. The summed E-state index contributed by atoms with van der Waals surface area (Å²) in [6.45, 7) is 6.43. The van der Waals surface area contributed by atoms with Crippen molar-refractivity contribution in [3.05, 3.63) is 29.3 Å². The van der Waals surface area contributed by atoms with Crippen molar-refractivity contribution in [2.75, 3.05) is 0 Å². The Morgan fingerprint density at radius 1 is 1.23 bits per heavy atom. The first-order chi connectivity index (χ1) is 6.02. The topological polar surface area (TPSA) is 0 Å². The van der Waals surface area contributed by atoms with Crippen molar-refractivity contribution in [1.29, 1.82) is 0 Å². The molecule has 0 aliphatic carbocycles. The Hall–Kier alpha value is 0.423. The summed E-state index contributed by atoms with van der Waals surface area (Å²) in [5, 5.41) is 0. The van der Waals surface area contributed by atoms with Crippen molar-refractivity contribution in [3.8, 4) is 0 Å². The molecule has 0 bridgehead atoms. The molecule has 0 heterocycles. The van der Waals surface area contributed by atoms with Crippen LogP contribution in [0.5, 0.6) is 0 Å². The van der Waals surface area contributed by atoms with Gasteiger partial charge in [-0.05, 0) is 0 Å². The number of rotatable bonds is 2. The van der Waals surface area contributed by atoms with Gasteiger partial charge in [-0.3, -0.25) is 0 Å². The first kappa shape index (κ1) is 11.5. The van der Waals surface area contributed by atoms with Gasteiger partial charge in [0.15, 0.2) is 0 Å². The van der Waals surface area contributed by atoms with Crippen LogP contribution in [0.4, 0.5) is 0 Å². The van der Waals surface area contributed by atoms with Crippen molar-refractivity contribution in [2.24, 2.45) is 0 Å². The van der Waals surface area contributed by atoms with E-state index >= 15 is 0 Å². The van der Waals surface area contributed by atoms with Gasteiger partial charge in [0, 0.05) is 0 Å². The number of hydrogen-bond acceptors (Lipinski definition) is 0. The van der Waals surface area contributed by atoms with Crippen LogP contribution in [0.15, 0.2) is 18.2 Å². The minimum absolute atomic E-state index is 0.503. The standard InChI is InChI=1S/C10H13.2ClH.Ru/c1-8(2)10-6-4-5-9(3)7-10;;;/h4-5,7-8H,1-3H3;2*1H;/q;;;+1/p-2.